The van der Waals surface area contributed by atoms with Crippen molar-refractivity contribution in [1.29, 1.82) is 0 Å². The minimum absolute atomic E-state index is 0.656. The number of para-hydroxylation sites is 1. The highest BCUT2D eigenvalue weighted by atomic mass is 35.5. The minimum Gasteiger partial charge on any atom is -0.361 e. The van der Waals surface area contributed by atoms with Gasteiger partial charge in [0.25, 0.3) is 0 Å². The van der Waals surface area contributed by atoms with Gasteiger partial charge in [0.15, 0.2) is 6.29 Å². The Bertz CT molecular complexity index is 997. The van der Waals surface area contributed by atoms with Gasteiger partial charge in [-0.1, -0.05) is 29.8 Å². The molecule has 0 aliphatic rings. The molecule has 0 amide bonds. The molecule has 0 atom stereocenters. The molecule has 2 aromatic heterocycles. The van der Waals surface area contributed by atoms with E-state index in [1.165, 1.54) is 0 Å². The number of hydrogen-bond donors (Lipinski definition) is 2. The number of halogens is 1. The zero-order valence-electron chi connectivity index (χ0n) is 11.7. The van der Waals surface area contributed by atoms with Gasteiger partial charge in [0.2, 0.25) is 0 Å². The molecule has 2 heterocycles. The number of hydrogen-bond acceptors (Lipinski definition) is 1. The molecule has 4 rings (SSSR count). The monoisotopic (exact) mass is 308 g/mol. The number of aromatic amines is 2. The Balaban J connectivity index is 1.85. The van der Waals surface area contributed by atoms with Crippen molar-refractivity contribution in [3.05, 3.63) is 70.5 Å². The zero-order valence-corrected chi connectivity index (χ0v) is 12.4. The van der Waals surface area contributed by atoms with E-state index in [2.05, 4.69) is 9.97 Å². The molecule has 0 saturated heterocycles. The molecule has 0 fully saturated rings. The maximum absolute atomic E-state index is 11.5. The maximum Gasteiger partial charge on any atom is 0.152 e. The number of H-pyrrole nitrogens is 2. The van der Waals surface area contributed by atoms with Crippen LogP contribution in [0.5, 0.6) is 0 Å². The number of carbonyl (C=O) groups excluding carboxylic acids is 1. The van der Waals surface area contributed by atoms with Crippen LogP contribution in [0.3, 0.4) is 0 Å². The first-order valence-corrected chi connectivity index (χ1v) is 7.44. The zero-order chi connectivity index (χ0) is 15.1. The van der Waals surface area contributed by atoms with Crippen LogP contribution in [-0.2, 0) is 6.42 Å². The summed E-state index contributed by atoms with van der Waals surface area (Å²) >= 11 is 6.10. The Morgan fingerprint density at radius 2 is 1.91 bits per heavy atom. The fourth-order valence-corrected chi connectivity index (χ4v) is 3.15. The maximum atomic E-state index is 11.5. The first-order chi connectivity index (χ1) is 10.8. The smallest absolute Gasteiger partial charge is 0.152 e. The Kier molecular flexibility index (Phi) is 3.01. The standard InChI is InChI=1S/C18H13ClN2O/c19-12-5-6-16-14(8-12)11(9-20-16)7-18-15(10-22)13-3-1-2-4-17(13)21-18/h1-6,8-10,20-21H,7H2. The third-order valence-electron chi connectivity index (χ3n) is 4.04. The lowest BCUT2D eigenvalue weighted by atomic mass is 10.0. The van der Waals surface area contributed by atoms with Crippen LogP contribution in [0.2, 0.25) is 5.02 Å². The highest BCUT2D eigenvalue weighted by Crippen LogP contribution is 2.27. The molecule has 0 aliphatic carbocycles. The van der Waals surface area contributed by atoms with Crippen molar-refractivity contribution in [3.8, 4) is 0 Å². The minimum atomic E-state index is 0.656. The van der Waals surface area contributed by atoms with E-state index in [9.17, 15) is 4.79 Å². The number of aromatic nitrogens is 2. The van der Waals surface area contributed by atoms with Crippen LogP contribution in [-0.4, -0.2) is 16.3 Å². The molecule has 0 radical (unpaired) electrons. The highest BCUT2D eigenvalue weighted by molar-refractivity contribution is 6.31. The molecule has 0 saturated carbocycles. The van der Waals surface area contributed by atoms with Crippen LogP contribution in [0.25, 0.3) is 21.8 Å². The highest BCUT2D eigenvalue weighted by Gasteiger charge is 2.13. The summed E-state index contributed by atoms with van der Waals surface area (Å²) < 4.78 is 0. The molecule has 3 nitrogen and oxygen atoms in total. The van der Waals surface area contributed by atoms with Crippen molar-refractivity contribution in [2.24, 2.45) is 0 Å². The number of nitrogens with one attached hydrogen (secondary N) is 2. The molecule has 0 spiro atoms. The van der Waals surface area contributed by atoms with Crippen LogP contribution in [0, 0.1) is 0 Å². The van der Waals surface area contributed by atoms with Gasteiger partial charge in [-0.3, -0.25) is 4.79 Å². The number of benzene rings is 2. The van der Waals surface area contributed by atoms with Crippen molar-refractivity contribution >= 4 is 39.7 Å². The van der Waals surface area contributed by atoms with E-state index in [0.29, 0.717) is 11.4 Å². The fourth-order valence-electron chi connectivity index (χ4n) is 2.98. The van der Waals surface area contributed by atoms with Gasteiger partial charge in [-0.15, -0.1) is 0 Å². The normalized spacial score (nSPS) is 11.3. The van der Waals surface area contributed by atoms with E-state index in [1.807, 2.05) is 48.7 Å². The molecule has 0 aliphatic heterocycles. The second kappa shape index (κ2) is 5.04. The summed E-state index contributed by atoms with van der Waals surface area (Å²) in [5, 5.41) is 2.76. The molecule has 2 N–H and O–H groups in total. The van der Waals surface area contributed by atoms with Crippen molar-refractivity contribution in [2.45, 2.75) is 6.42 Å². The third kappa shape index (κ3) is 2.02. The average Bonchev–Trinajstić information content (AvgIpc) is 3.08. The SMILES string of the molecule is O=Cc1c(Cc2c[nH]c3ccc(Cl)cc23)[nH]c2ccccc12. The summed E-state index contributed by atoms with van der Waals surface area (Å²) in [4.78, 5) is 18.1. The number of fused-ring (bicyclic) bond motifs is 2. The number of rotatable bonds is 3. The molecule has 0 bridgehead atoms. The van der Waals surface area contributed by atoms with Gasteiger partial charge in [-0.05, 0) is 29.8 Å². The van der Waals surface area contributed by atoms with E-state index in [0.717, 1.165) is 44.9 Å². The Hall–Kier alpha value is -2.52. The molecule has 0 unspecified atom stereocenters. The van der Waals surface area contributed by atoms with Crippen LogP contribution < -0.4 is 0 Å². The van der Waals surface area contributed by atoms with Crippen molar-refractivity contribution in [1.82, 2.24) is 9.97 Å². The predicted octanol–water partition coefficient (Wildman–Crippen LogP) is 4.71. The summed E-state index contributed by atoms with van der Waals surface area (Å²) in [5.74, 6) is 0. The van der Waals surface area contributed by atoms with Crippen molar-refractivity contribution in [3.63, 3.8) is 0 Å². The predicted molar refractivity (Wildman–Crippen MR) is 89.8 cm³/mol. The van der Waals surface area contributed by atoms with E-state index < -0.39 is 0 Å². The van der Waals surface area contributed by atoms with E-state index in [-0.39, 0.29) is 0 Å². The summed E-state index contributed by atoms with van der Waals surface area (Å²) in [6, 6.07) is 13.6. The first-order valence-electron chi connectivity index (χ1n) is 7.06. The van der Waals surface area contributed by atoms with Crippen LogP contribution in [0.15, 0.2) is 48.7 Å². The lowest BCUT2D eigenvalue weighted by molar-refractivity contribution is 0.112. The Labute approximate surface area is 131 Å². The Morgan fingerprint density at radius 3 is 2.77 bits per heavy atom. The molecule has 22 heavy (non-hydrogen) atoms. The average molecular weight is 309 g/mol. The van der Waals surface area contributed by atoms with Crippen LogP contribution >= 0.6 is 11.6 Å². The molecule has 108 valence electrons. The summed E-state index contributed by atoms with van der Waals surface area (Å²) in [6.45, 7) is 0. The lowest BCUT2D eigenvalue weighted by Gasteiger charge is -2.00. The van der Waals surface area contributed by atoms with E-state index in [4.69, 9.17) is 11.6 Å². The molecule has 4 heteroatoms. The first kappa shape index (κ1) is 13.2. The van der Waals surface area contributed by atoms with Crippen molar-refractivity contribution in [2.75, 3.05) is 0 Å². The third-order valence-corrected chi connectivity index (χ3v) is 4.28. The van der Waals surface area contributed by atoms with Crippen LogP contribution in [0.4, 0.5) is 0 Å². The molecule has 4 aromatic rings. The van der Waals surface area contributed by atoms with E-state index >= 15 is 0 Å². The molecule has 2 aromatic carbocycles. The second-order valence-corrected chi connectivity index (χ2v) is 5.80. The van der Waals surface area contributed by atoms with Gasteiger partial charge in [0.05, 0.1) is 0 Å². The molecular weight excluding hydrogens is 296 g/mol. The lowest BCUT2D eigenvalue weighted by Crippen LogP contribution is -1.92. The fraction of sp³-hybridized carbons (Fsp3) is 0.0556. The van der Waals surface area contributed by atoms with Gasteiger partial charge in [0, 0.05) is 50.7 Å². The van der Waals surface area contributed by atoms with Gasteiger partial charge in [-0.2, -0.15) is 0 Å². The van der Waals surface area contributed by atoms with Gasteiger partial charge >= 0.3 is 0 Å². The van der Waals surface area contributed by atoms with E-state index in [1.54, 1.807) is 0 Å². The van der Waals surface area contributed by atoms with Gasteiger partial charge in [0.1, 0.15) is 0 Å². The number of carbonyl (C=O) groups is 1. The van der Waals surface area contributed by atoms with Crippen LogP contribution in [0.1, 0.15) is 21.6 Å². The van der Waals surface area contributed by atoms with Gasteiger partial charge in [-0.25, -0.2) is 0 Å². The topological polar surface area (TPSA) is 48.6 Å². The Morgan fingerprint density at radius 1 is 1.05 bits per heavy atom. The largest absolute Gasteiger partial charge is 0.361 e. The second-order valence-electron chi connectivity index (χ2n) is 5.36. The number of aldehydes is 1. The molecular formula is C18H13ClN2O. The quantitative estimate of drug-likeness (QED) is 0.529. The summed E-state index contributed by atoms with van der Waals surface area (Å²) in [7, 11) is 0. The van der Waals surface area contributed by atoms with Gasteiger partial charge < -0.3 is 9.97 Å². The van der Waals surface area contributed by atoms with Crippen molar-refractivity contribution < 1.29 is 4.79 Å². The summed E-state index contributed by atoms with van der Waals surface area (Å²) in [6.07, 6.45) is 3.56. The summed E-state index contributed by atoms with van der Waals surface area (Å²) in [5.41, 5.74) is 4.80.